The average Bonchev–Trinajstić information content (AvgIpc) is 2.90. The molecule has 2 aliphatic carbocycles. The third kappa shape index (κ3) is 4.16. The number of aliphatic hydroxyl groups is 4. The van der Waals surface area contributed by atoms with Crippen molar-refractivity contribution in [2.24, 2.45) is 5.73 Å². The number of phenolic OH excluding ortho intramolecular Hbond substituents is 2. The van der Waals surface area contributed by atoms with E-state index in [1.54, 1.807) is 6.92 Å². The summed E-state index contributed by atoms with van der Waals surface area (Å²) in [6.07, 6.45) is -5.21. The summed E-state index contributed by atoms with van der Waals surface area (Å²) < 4.78 is 11.7. The Bertz CT molecular complexity index is 1380. The molecule has 39 heavy (non-hydrogen) atoms. The van der Waals surface area contributed by atoms with Gasteiger partial charge in [0.2, 0.25) is 0 Å². The largest absolute Gasteiger partial charge is 0.507 e. The highest BCUT2D eigenvalue weighted by Gasteiger charge is 2.50. The molecule has 5 rings (SSSR count). The number of benzene rings is 2. The maximum absolute atomic E-state index is 13.6. The molecule has 1 heterocycles. The van der Waals surface area contributed by atoms with E-state index in [0.29, 0.717) is 0 Å². The molecule has 3 aliphatic rings. The molecule has 0 spiro atoms. The smallest absolute Gasteiger partial charge is 0.198 e. The van der Waals surface area contributed by atoms with Crippen LogP contribution in [0.25, 0.3) is 0 Å². The maximum Gasteiger partial charge on any atom is 0.198 e. The van der Waals surface area contributed by atoms with Gasteiger partial charge in [-0.3, -0.25) is 14.4 Å². The van der Waals surface area contributed by atoms with Crippen LogP contribution in [0, 0.1) is 0 Å². The number of Topliss-reactive ketones (excluding diaryl/α,β-unsaturated/α-hetero) is 1. The van der Waals surface area contributed by atoms with Crippen molar-refractivity contribution in [3.63, 3.8) is 0 Å². The lowest BCUT2D eigenvalue weighted by molar-refractivity contribution is -0.247. The molecule has 6 atom stereocenters. The first-order valence-electron chi connectivity index (χ1n) is 12.5. The average molecular weight is 544 g/mol. The molecule has 1 saturated heterocycles. The molecule has 2 aromatic rings. The third-order valence-corrected chi connectivity index (χ3v) is 7.88. The fraction of sp³-hybridized carbons (Fsp3) is 0.444. The van der Waals surface area contributed by atoms with E-state index in [-0.39, 0.29) is 34.2 Å². The van der Waals surface area contributed by atoms with Gasteiger partial charge in [0.1, 0.15) is 23.7 Å². The molecular formula is C27H29NO11. The first-order chi connectivity index (χ1) is 18.4. The number of hydrogen-bond donors (Lipinski definition) is 7. The van der Waals surface area contributed by atoms with Gasteiger partial charge in [0.15, 0.2) is 23.6 Å². The molecule has 0 bridgehead atoms. The van der Waals surface area contributed by atoms with E-state index in [4.69, 9.17) is 15.2 Å². The lowest BCUT2D eigenvalue weighted by atomic mass is 9.71. The molecule has 8 N–H and O–H groups in total. The number of fused-ring (bicyclic) bond motifs is 3. The number of phenols is 2. The minimum absolute atomic E-state index is 0.00600. The van der Waals surface area contributed by atoms with Crippen LogP contribution in [-0.4, -0.2) is 84.7 Å². The second kappa shape index (κ2) is 9.75. The summed E-state index contributed by atoms with van der Waals surface area (Å²) in [5.41, 5.74) is 2.35. The van der Waals surface area contributed by atoms with Crippen molar-refractivity contribution < 1.29 is 54.5 Å². The van der Waals surface area contributed by atoms with Crippen LogP contribution in [0.4, 0.5) is 0 Å². The van der Waals surface area contributed by atoms with E-state index in [1.807, 2.05) is 0 Å². The van der Waals surface area contributed by atoms with Crippen LogP contribution in [0.1, 0.15) is 74.4 Å². The number of aromatic hydroxyl groups is 2. The molecule has 0 aromatic heterocycles. The zero-order chi connectivity index (χ0) is 28.4. The number of aliphatic hydroxyl groups excluding tert-OH is 3. The van der Waals surface area contributed by atoms with E-state index in [9.17, 15) is 45.0 Å². The van der Waals surface area contributed by atoms with Gasteiger partial charge >= 0.3 is 0 Å². The highest BCUT2D eigenvalue weighted by Crippen LogP contribution is 2.52. The van der Waals surface area contributed by atoms with Crippen molar-refractivity contribution in [1.82, 2.24) is 0 Å². The number of carbonyl (C=O) groups excluding carboxylic acids is 3. The van der Waals surface area contributed by atoms with Crippen LogP contribution in [-0.2, 0) is 27.3 Å². The Kier molecular flexibility index (Phi) is 6.84. The van der Waals surface area contributed by atoms with Crippen LogP contribution in [0.2, 0.25) is 0 Å². The molecule has 1 fully saturated rings. The molecule has 3 unspecified atom stereocenters. The summed E-state index contributed by atoms with van der Waals surface area (Å²) in [6.45, 7) is -0.0137. The lowest BCUT2D eigenvalue weighted by Gasteiger charge is -2.42. The van der Waals surface area contributed by atoms with Gasteiger partial charge in [-0.1, -0.05) is 18.2 Å². The predicted octanol–water partition coefficient (Wildman–Crippen LogP) is -0.515. The van der Waals surface area contributed by atoms with Crippen LogP contribution < -0.4 is 5.73 Å². The summed E-state index contributed by atoms with van der Waals surface area (Å²) >= 11 is 0. The van der Waals surface area contributed by atoms with Crippen molar-refractivity contribution >= 4 is 17.3 Å². The van der Waals surface area contributed by atoms with Crippen LogP contribution in [0.5, 0.6) is 11.5 Å². The molecule has 0 amide bonds. The summed E-state index contributed by atoms with van der Waals surface area (Å²) in [7, 11) is 0. The van der Waals surface area contributed by atoms with Crippen molar-refractivity contribution in [3.8, 4) is 11.5 Å². The molecule has 2 aromatic carbocycles. The zero-order valence-electron chi connectivity index (χ0n) is 21.0. The van der Waals surface area contributed by atoms with E-state index >= 15 is 0 Å². The normalized spacial score (nSPS) is 29.9. The van der Waals surface area contributed by atoms with Gasteiger partial charge in [-0.15, -0.1) is 0 Å². The topological polar surface area (TPSA) is 217 Å². The number of ketones is 3. The van der Waals surface area contributed by atoms with Crippen molar-refractivity contribution in [2.45, 2.75) is 69.0 Å². The second-order valence-electron chi connectivity index (χ2n) is 10.3. The SMILES string of the molecule is CC1O[C@@H](O[C@H]2C[C@@](O)(C(=O)CO)Cc3c(O)c4c(c(O)c32)C(=O)c2c(CO)cccc2C4=O)CC(N)C1O. The van der Waals surface area contributed by atoms with Gasteiger partial charge in [0.05, 0.1) is 36.0 Å². The second-order valence-corrected chi connectivity index (χ2v) is 10.3. The summed E-state index contributed by atoms with van der Waals surface area (Å²) in [5.74, 6) is -4.00. The Morgan fingerprint density at radius 1 is 1.13 bits per heavy atom. The first-order valence-corrected chi connectivity index (χ1v) is 12.5. The number of carbonyl (C=O) groups is 3. The first kappa shape index (κ1) is 27.3. The fourth-order valence-corrected chi connectivity index (χ4v) is 5.81. The minimum atomic E-state index is -2.25. The molecule has 208 valence electrons. The Labute approximate surface area is 222 Å². The van der Waals surface area contributed by atoms with Crippen LogP contribution >= 0.6 is 0 Å². The van der Waals surface area contributed by atoms with Gasteiger partial charge in [0.25, 0.3) is 0 Å². The predicted molar refractivity (Wildman–Crippen MR) is 131 cm³/mol. The fourth-order valence-electron chi connectivity index (χ4n) is 5.81. The number of rotatable bonds is 5. The van der Waals surface area contributed by atoms with Crippen molar-refractivity contribution in [1.29, 1.82) is 0 Å². The number of nitrogens with two attached hydrogens (primary N) is 1. The summed E-state index contributed by atoms with van der Waals surface area (Å²) in [5, 5.41) is 63.4. The Hall–Kier alpha value is -3.23. The van der Waals surface area contributed by atoms with Crippen LogP contribution in [0.15, 0.2) is 18.2 Å². The summed E-state index contributed by atoms with van der Waals surface area (Å²) in [4.78, 5) is 39.7. The highest BCUT2D eigenvalue weighted by atomic mass is 16.7. The highest BCUT2D eigenvalue weighted by molar-refractivity contribution is 6.31. The van der Waals surface area contributed by atoms with E-state index in [2.05, 4.69) is 0 Å². The number of ether oxygens (including phenoxy) is 2. The van der Waals surface area contributed by atoms with Gasteiger partial charge < -0.3 is 45.8 Å². The Morgan fingerprint density at radius 2 is 1.82 bits per heavy atom. The molecule has 12 heteroatoms. The summed E-state index contributed by atoms with van der Waals surface area (Å²) in [6, 6.07) is 3.53. The van der Waals surface area contributed by atoms with Gasteiger partial charge in [-0.05, 0) is 12.5 Å². The third-order valence-electron chi connectivity index (χ3n) is 7.88. The molecule has 0 radical (unpaired) electrons. The minimum Gasteiger partial charge on any atom is -0.507 e. The van der Waals surface area contributed by atoms with Gasteiger partial charge in [0, 0.05) is 47.6 Å². The Morgan fingerprint density at radius 3 is 2.46 bits per heavy atom. The molecular weight excluding hydrogens is 514 g/mol. The Balaban J connectivity index is 1.69. The molecule has 1 aliphatic heterocycles. The van der Waals surface area contributed by atoms with E-state index in [0.717, 1.165) is 0 Å². The van der Waals surface area contributed by atoms with Gasteiger partial charge in [-0.2, -0.15) is 0 Å². The molecule has 12 nitrogen and oxygen atoms in total. The van der Waals surface area contributed by atoms with E-state index in [1.165, 1.54) is 18.2 Å². The zero-order valence-corrected chi connectivity index (χ0v) is 21.0. The monoisotopic (exact) mass is 543 g/mol. The van der Waals surface area contributed by atoms with Crippen molar-refractivity contribution in [3.05, 3.63) is 57.1 Å². The lowest BCUT2D eigenvalue weighted by Crippen LogP contribution is -2.53. The van der Waals surface area contributed by atoms with E-state index < -0.39 is 102 Å². The number of hydrogen-bond acceptors (Lipinski definition) is 12. The quantitative estimate of drug-likeness (QED) is 0.202. The maximum atomic E-state index is 13.6. The molecule has 0 saturated carbocycles. The standard InChI is InChI=1S/C27H29NO11/c1-10-22(32)14(28)5-17(38-10)39-15-7-27(37,16(31)9-30)6-13-19(15)26(36)21-20(24(13)34)23(33)12-4-2-3-11(8-29)18(12)25(21)35/h2-4,10,14-15,17,22,29-30,32,34,36-37H,5-9,28H2,1H3/t10?,14?,15-,17-,22?,27+/m0/s1. The van der Waals surface area contributed by atoms with Gasteiger partial charge in [-0.25, -0.2) is 0 Å². The van der Waals surface area contributed by atoms with Crippen LogP contribution in [0.3, 0.4) is 0 Å². The van der Waals surface area contributed by atoms with Crippen molar-refractivity contribution in [2.75, 3.05) is 6.61 Å².